The van der Waals surface area contributed by atoms with Crippen molar-refractivity contribution < 1.29 is 37.9 Å². The summed E-state index contributed by atoms with van der Waals surface area (Å²) in [7, 11) is -0.295. The summed E-state index contributed by atoms with van der Waals surface area (Å²) in [5, 5.41) is 26.4. The highest BCUT2D eigenvalue weighted by Crippen LogP contribution is 2.41. The fraction of sp³-hybridized carbons (Fsp3) is 0.240. The normalized spacial score (nSPS) is 16.3. The number of fused-ring (bicyclic) bond motifs is 2. The third-order valence-corrected chi connectivity index (χ3v) is 13.7. The SMILES string of the molecule is COCCNc1ccc(S(=O)N2Cc3cc4c(cc3CC2C(=O)NC(Cc2ccc(-c3ccc(C#N)cc3)cc2)C(=O)O)OCC(c2ccc(OCc3ccc(Cl)c(Cl)c3)cc2)O4)c(C)n1. The van der Waals surface area contributed by atoms with Gasteiger partial charge in [0.25, 0.3) is 0 Å². The number of carboxylic acids is 1. The second kappa shape index (κ2) is 20.8. The number of ether oxygens (including phenoxy) is 4. The van der Waals surface area contributed by atoms with Gasteiger partial charge in [0.1, 0.15) is 47.9 Å². The number of nitriles is 1. The number of aromatic nitrogens is 1. The second-order valence-corrected chi connectivity index (χ2v) is 18.0. The minimum atomic E-state index is -1.90. The molecule has 3 heterocycles. The highest BCUT2D eigenvalue weighted by atomic mass is 35.5. The molecule has 338 valence electrons. The van der Waals surface area contributed by atoms with Crippen molar-refractivity contribution in [3.05, 3.63) is 164 Å². The Labute approximate surface area is 394 Å². The van der Waals surface area contributed by atoms with Crippen LogP contribution in [0.2, 0.25) is 10.0 Å². The number of carbonyl (C=O) groups is 2. The van der Waals surface area contributed by atoms with Gasteiger partial charge in [-0.25, -0.2) is 18.3 Å². The Morgan fingerprint density at radius 2 is 1.64 bits per heavy atom. The zero-order valence-electron chi connectivity index (χ0n) is 36.0. The predicted octanol–water partition coefficient (Wildman–Crippen LogP) is 8.65. The lowest BCUT2D eigenvalue weighted by Crippen LogP contribution is -2.54. The molecule has 0 aliphatic carbocycles. The number of nitrogens with one attached hydrogen (secondary N) is 2. The lowest BCUT2D eigenvalue weighted by atomic mass is 9.94. The van der Waals surface area contributed by atoms with Crippen LogP contribution >= 0.6 is 23.2 Å². The number of aliphatic carboxylic acids is 1. The number of carbonyl (C=O) groups excluding carboxylic acids is 1. The summed E-state index contributed by atoms with van der Waals surface area (Å²) in [6.07, 6.45) is -0.307. The minimum absolute atomic E-state index is 0.00994. The predicted molar refractivity (Wildman–Crippen MR) is 251 cm³/mol. The van der Waals surface area contributed by atoms with Crippen LogP contribution in [0.5, 0.6) is 17.2 Å². The fourth-order valence-electron chi connectivity index (χ4n) is 7.78. The smallest absolute Gasteiger partial charge is 0.326 e. The van der Waals surface area contributed by atoms with Gasteiger partial charge in [-0.2, -0.15) is 5.26 Å². The molecular weight excluding hydrogens is 902 g/mol. The highest BCUT2D eigenvalue weighted by Gasteiger charge is 2.39. The van der Waals surface area contributed by atoms with Crippen molar-refractivity contribution >= 4 is 51.9 Å². The number of anilines is 1. The van der Waals surface area contributed by atoms with Crippen LogP contribution in [0.25, 0.3) is 11.1 Å². The number of aryl methyl sites for hydroxylation is 1. The average Bonchev–Trinajstić information content (AvgIpc) is 3.33. The van der Waals surface area contributed by atoms with Crippen molar-refractivity contribution in [2.45, 2.75) is 56.0 Å². The van der Waals surface area contributed by atoms with Gasteiger partial charge in [0, 0.05) is 26.6 Å². The molecule has 5 aromatic carbocycles. The first-order chi connectivity index (χ1) is 32.0. The fourth-order valence-corrected chi connectivity index (χ4v) is 9.49. The molecule has 4 unspecified atom stereocenters. The summed E-state index contributed by atoms with van der Waals surface area (Å²) in [4.78, 5) is 32.1. The van der Waals surface area contributed by atoms with Gasteiger partial charge in [0.05, 0.1) is 38.9 Å². The molecule has 8 rings (SSSR count). The number of nitrogens with zero attached hydrogens (tertiary/aromatic N) is 3. The van der Waals surface area contributed by atoms with E-state index in [0.717, 1.165) is 33.4 Å². The number of halogens is 2. The monoisotopic (exact) mass is 945 g/mol. The molecule has 1 amide bonds. The lowest BCUT2D eigenvalue weighted by Gasteiger charge is -2.36. The molecule has 16 heteroatoms. The summed E-state index contributed by atoms with van der Waals surface area (Å²) in [5.74, 6) is 0.457. The Morgan fingerprint density at radius 1 is 0.924 bits per heavy atom. The second-order valence-electron chi connectivity index (χ2n) is 15.8. The van der Waals surface area contributed by atoms with Gasteiger partial charge in [-0.05, 0) is 113 Å². The van der Waals surface area contributed by atoms with Crippen LogP contribution in [-0.4, -0.2) is 69.4 Å². The number of amides is 1. The number of methoxy groups -OCH3 is 1. The van der Waals surface area contributed by atoms with Crippen LogP contribution in [0.3, 0.4) is 0 Å². The maximum atomic E-state index is 14.7. The molecule has 66 heavy (non-hydrogen) atoms. The summed E-state index contributed by atoms with van der Waals surface area (Å²) in [5.41, 5.74) is 6.87. The Morgan fingerprint density at radius 3 is 2.32 bits per heavy atom. The molecule has 0 radical (unpaired) electrons. The number of benzene rings is 5. The molecule has 0 spiro atoms. The van der Waals surface area contributed by atoms with E-state index in [1.807, 2.05) is 78.9 Å². The van der Waals surface area contributed by atoms with E-state index >= 15 is 0 Å². The van der Waals surface area contributed by atoms with Gasteiger partial charge in [-0.15, -0.1) is 0 Å². The molecule has 6 aromatic rings. The maximum Gasteiger partial charge on any atom is 0.326 e. The van der Waals surface area contributed by atoms with Crippen molar-refractivity contribution in [1.82, 2.24) is 14.6 Å². The molecule has 0 saturated carbocycles. The van der Waals surface area contributed by atoms with Gasteiger partial charge in [0.15, 0.2) is 17.6 Å². The Balaban J connectivity index is 1.01. The Kier molecular flexibility index (Phi) is 14.5. The molecule has 2 aliphatic rings. The van der Waals surface area contributed by atoms with E-state index in [1.165, 1.54) is 0 Å². The largest absolute Gasteiger partial charge is 0.489 e. The van der Waals surface area contributed by atoms with E-state index in [1.54, 1.807) is 54.7 Å². The molecule has 13 nitrogen and oxygen atoms in total. The zero-order valence-corrected chi connectivity index (χ0v) is 38.3. The summed E-state index contributed by atoms with van der Waals surface area (Å²) in [6, 6.07) is 34.4. The maximum absolute atomic E-state index is 14.7. The quantitative estimate of drug-likeness (QED) is 0.0794. The zero-order chi connectivity index (χ0) is 46.3. The van der Waals surface area contributed by atoms with E-state index in [-0.39, 0.29) is 26.0 Å². The summed E-state index contributed by atoms with van der Waals surface area (Å²) >= 11 is 12.2. The van der Waals surface area contributed by atoms with Crippen molar-refractivity contribution in [3.63, 3.8) is 0 Å². The number of carboxylic acid groups (broad SMARTS) is 1. The standard InChI is InChI=1S/C50H45Cl2N5O8S/c1-30-47(17-18-48(55-30)54-19-20-62-2)66(61)57-27-38-25-45-44(64-29-46(65-45)36-12-14-39(15-13-36)63-28-33-7-16-40(51)41(52)21-33)24-37(38)23-43(57)49(58)56-42(50(59)60)22-31-3-8-34(9-4-31)35-10-5-32(26-53)6-11-35/h3-18,21,24-25,42-43,46H,19-20,22-23,27-29H2,1-2H3,(H,54,55)(H,56,58)(H,59,60). The summed E-state index contributed by atoms with van der Waals surface area (Å²) in [6.45, 7) is 3.38. The first-order valence-electron chi connectivity index (χ1n) is 21.1. The third-order valence-electron chi connectivity index (χ3n) is 11.4. The molecule has 0 bridgehead atoms. The molecule has 3 N–H and O–H groups in total. The van der Waals surface area contributed by atoms with Crippen LogP contribution in [0, 0.1) is 18.3 Å². The van der Waals surface area contributed by atoms with E-state index in [0.29, 0.717) is 74.6 Å². The van der Waals surface area contributed by atoms with Crippen molar-refractivity contribution in [1.29, 1.82) is 5.26 Å². The topological polar surface area (TPSA) is 172 Å². The van der Waals surface area contributed by atoms with Gasteiger partial charge < -0.3 is 34.7 Å². The summed E-state index contributed by atoms with van der Waals surface area (Å²) < 4.78 is 40.1. The molecule has 0 saturated heterocycles. The molecular formula is C50H45Cl2N5O8S. The van der Waals surface area contributed by atoms with E-state index < -0.39 is 41.0 Å². The van der Waals surface area contributed by atoms with Crippen LogP contribution in [0.4, 0.5) is 5.82 Å². The van der Waals surface area contributed by atoms with Crippen molar-refractivity contribution in [2.24, 2.45) is 0 Å². The van der Waals surface area contributed by atoms with E-state index in [4.69, 9.17) is 47.4 Å². The molecule has 2 aliphatic heterocycles. The van der Waals surface area contributed by atoms with Crippen molar-refractivity contribution in [2.75, 3.05) is 32.2 Å². The molecule has 0 fully saturated rings. The van der Waals surface area contributed by atoms with E-state index in [2.05, 4.69) is 21.7 Å². The van der Waals surface area contributed by atoms with Crippen molar-refractivity contribution in [3.8, 4) is 34.4 Å². The van der Waals surface area contributed by atoms with Crippen LogP contribution in [0.15, 0.2) is 120 Å². The lowest BCUT2D eigenvalue weighted by molar-refractivity contribution is -0.142. The van der Waals surface area contributed by atoms with Gasteiger partial charge in [-0.1, -0.05) is 77.8 Å². The Bertz CT molecular complexity index is 2810. The molecule has 4 atom stereocenters. The van der Waals surface area contributed by atoms with Crippen LogP contribution < -0.4 is 24.8 Å². The average molecular weight is 947 g/mol. The molecule has 1 aromatic heterocycles. The van der Waals surface area contributed by atoms with Gasteiger partial charge in [-0.3, -0.25) is 4.79 Å². The third kappa shape index (κ3) is 10.8. The van der Waals surface area contributed by atoms with Gasteiger partial charge >= 0.3 is 5.97 Å². The number of pyridine rings is 1. The van der Waals surface area contributed by atoms with Crippen LogP contribution in [-0.2, 0) is 51.3 Å². The highest BCUT2D eigenvalue weighted by molar-refractivity contribution is 7.82. The first-order valence-corrected chi connectivity index (χ1v) is 23.0. The number of rotatable bonds is 16. The number of hydrogen-bond acceptors (Lipinski definition) is 10. The van der Waals surface area contributed by atoms with Crippen LogP contribution in [0.1, 0.15) is 45.2 Å². The van der Waals surface area contributed by atoms with E-state index in [9.17, 15) is 18.9 Å². The van der Waals surface area contributed by atoms with Gasteiger partial charge in [0.2, 0.25) is 5.91 Å². The number of hydrogen-bond donors (Lipinski definition) is 3. The minimum Gasteiger partial charge on any atom is -0.489 e. The first kappa shape index (κ1) is 46.1. The Hall–Kier alpha value is -6.47.